The van der Waals surface area contributed by atoms with Crippen LogP contribution in [0, 0.1) is 0 Å². The summed E-state index contributed by atoms with van der Waals surface area (Å²) in [5.41, 5.74) is 9.41. The third kappa shape index (κ3) is 6.42. The quantitative estimate of drug-likeness (QED) is 0.147. The van der Waals surface area contributed by atoms with Crippen molar-refractivity contribution in [3.8, 4) is 68.5 Å². The van der Waals surface area contributed by atoms with Gasteiger partial charge < -0.3 is 57.7 Å². The summed E-state index contributed by atoms with van der Waals surface area (Å²) in [4.78, 5) is 59.6. The first-order valence-corrected chi connectivity index (χ1v) is 20.2. The Bertz CT molecular complexity index is 2850. The van der Waals surface area contributed by atoms with Crippen LogP contribution in [0.3, 0.4) is 0 Å². The van der Waals surface area contributed by atoms with Gasteiger partial charge in [-0.15, -0.1) is 12.4 Å². The Morgan fingerprint density at radius 1 is 0.524 bits per heavy atom. The van der Waals surface area contributed by atoms with E-state index in [-0.39, 0.29) is 61.8 Å². The fourth-order valence-corrected chi connectivity index (χ4v) is 9.33. The van der Waals surface area contributed by atoms with E-state index in [1.165, 1.54) is 28.4 Å². The van der Waals surface area contributed by atoms with Gasteiger partial charge in [0.2, 0.25) is 13.6 Å². The molecule has 4 aromatic carbocycles. The smallest absolute Gasteiger partial charge is 0.259 e. The van der Waals surface area contributed by atoms with E-state index in [4.69, 9.17) is 43.6 Å². The van der Waals surface area contributed by atoms with Crippen molar-refractivity contribution in [1.29, 1.82) is 0 Å². The Labute approximate surface area is 365 Å². The lowest BCUT2D eigenvalue weighted by Gasteiger charge is -2.23. The molecule has 0 saturated carbocycles. The number of pyridine rings is 2. The fourth-order valence-electron chi connectivity index (χ4n) is 9.33. The Morgan fingerprint density at radius 3 is 1.22 bits per heavy atom. The van der Waals surface area contributed by atoms with Crippen LogP contribution in [0.1, 0.15) is 44.7 Å². The van der Waals surface area contributed by atoms with Crippen molar-refractivity contribution in [3.05, 3.63) is 91.5 Å². The number of fused-ring (bicyclic) bond motifs is 12. The van der Waals surface area contributed by atoms with Crippen molar-refractivity contribution in [3.63, 3.8) is 0 Å². The Balaban J connectivity index is 0.00000504. The Hall–Kier alpha value is -6.75. The third-order valence-electron chi connectivity index (χ3n) is 12.2. The largest absolute Gasteiger partial charge is 0.493 e. The van der Waals surface area contributed by atoms with Crippen LogP contribution >= 0.6 is 12.4 Å². The van der Waals surface area contributed by atoms with E-state index in [9.17, 15) is 19.2 Å². The normalized spacial score (nSPS) is 13.6. The maximum Gasteiger partial charge on any atom is 0.259 e. The van der Waals surface area contributed by atoms with Gasteiger partial charge in [0.1, 0.15) is 0 Å². The van der Waals surface area contributed by atoms with Crippen LogP contribution in [-0.4, -0.2) is 93.8 Å². The maximum atomic E-state index is 14.5. The van der Waals surface area contributed by atoms with Crippen LogP contribution in [0.2, 0.25) is 0 Å². The molecule has 0 atom stereocenters. The van der Waals surface area contributed by atoms with Gasteiger partial charge >= 0.3 is 0 Å². The number of nitrogens with two attached hydrogens (primary N) is 1. The Kier molecular flexibility index (Phi) is 10.7. The van der Waals surface area contributed by atoms with E-state index in [2.05, 4.69) is 4.90 Å². The molecule has 17 heteroatoms. The minimum atomic E-state index is -0.278. The first-order valence-electron chi connectivity index (χ1n) is 20.2. The lowest BCUT2D eigenvalue weighted by atomic mass is 10.0. The number of methoxy groups -OCH3 is 4. The highest BCUT2D eigenvalue weighted by atomic mass is 35.5. The van der Waals surface area contributed by atoms with Crippen LogP contribution in [-0.2, 0) is 13.1 Å². The van der Waals surface area contributed by atoms with E-state index in [0.717, 1.165) is 0 Å². The van der Waals surface area contributed by atoms with Crippen molar-refractivity contribution >= 4 is 45.5 Å². The zero-order valence-electron chi connectivity index (χ0n) is 34.9. The van der Waals surface area contributed by atoms with E-state index in [1.807, 2.05) is 0 Å². The predicted octanol–water partition coefficient (Wildman–Crippen LogP) is 5.39. The summed E-state index contributed by atoms with van der Waals surface area (Å²) in [6, 6.07) is 13.5. The van der Waals surface area contributed by atoms with Gasteiger partial charge in [-0.1, -0.05) is 0 Å². The Morgan fingerprint density at radius 2 is 0.873 bits per heavy atom. The molecule has 6 aromatic rings. The SMILES string of the molecule is COc1cc2c3c(n(CCCN(CCN)CCCn4c5c(c6cc(OC)c(OC)cc6c4=O)C(=O)c4cc6c(cc4-5)OCO6)c(=O)c2cc1OC)-c1cc2c(cc1C3=O)OCO2.Cl. The van der Waals surface area contributed by atoms with Gasteiger partial charge in [0, 0.05) is 59.2 Å². The zero-order chi connectivity index (χ0) is 43.0. The molecule has 0 unspecified atom stereocenters. The van der Waals surface area contributed by atoms with Gasteiger partial charge in [-0.25, -0.2) is 0 Å². The van der Waals surface area contributed by atoms with Crippen LogP contribution in [0.5, 0.6) is 46.0 Å². The highest BCUT2D eigenvalue weighted by Gasteiger charge is 2.37. The zero-order valence-corrected chi connectivity index (χ0v) is 35.7. The number of carbonyl (C=O) groups excluding carboxylic acids is 2. The number of ketones is 2. The first kappa shape index (κ1) is 41.6. The summed E-state index contributed by atoms with van der Waals surface area (Å²) < 4.78 is 48.2. The molecule has 0 bridgehead atoms. The summed E-state index contributed by atoms with van der Waals surface area (Å²) >= 11 is 0. The number of hydrogen-bond donors (Lipinski definition) is 1. The van der Waals surface area contributed by atoms with Crippen molar-refractivity contribution in [2.45, 2.75) is 25.9 Å². The van der Waals surface area contributed by atoms with E-state index >= 15 is 0 Å². The molecular weight excluding hydrogens is 836 g/mol. The molecule has 2 aliphatic heterocycles. The molecule has 0 saturated heterocycles. The van der Waals surface area contributed by atoms with Gasteiger partial charge in [-0.2, -0.15) is 0 Å². The molecule has 4 heterocycles. The topological polar surface area (TPSA) is 181 Å². The van der Waals surface area contributed by atoms with Crippen LogP contribution in [0.15, 0.2) is 58.1 Å². The second kappa shape index (κ2) is 16.2. The molecule has 0 radical (unpaired) electrons. The van der Waals surface area contributed by atoms with E-state index in [1.54, 1.807) is 57.7 Å². The third-order valence-corrected chi connectivity index (χ3v) is 12.2. The molecule has 2 aliphatic carbocycles. The second-order valence-electron chi connectivity index (χ2n) is 15.4. The molecule has 0 amide bonds. The van der Waals surface area contributed by atoms with E-state index in [0.29, 0.717) is 151 Å². The molecular formula is C46H43ClN4O12. The molecule has 0 spiro atoms. The number of ether oxygens (including phenoxy) is 8. The fraction of sp³-hybridized carbons (Fsp3) is 0.304. The molecule has 16 nitrogen and oxygen atoms in total. The second-order valence-corrected chi connectivity index (χ2v) is 15.4. The van der Waals surface area contributed by atoms with Gasteiger partial charge in [0.15, 0.2) is 57.6 Å². The average molecular weight is 879 g/mol. The average Bonchev–Trinajstić information content (AvgIpc) is 4.07. The van der Waals surface area contributed by atoms with Crippen molar-refractivity contribution in [1.82, 2.24) is 14.0 Å². The van der Waals surface area contributed by atoms with Crippen molar-refractivity contribution < 1.29 is 47.5 Å². The number of hydrogen-bond acceptors (Lipinski definition) is 14. The van der Waals surface area contributed by atoms with Crippen LogP contribution in [0.4, 0.5) is 0 Å². The summed E-state index contributed by atoms with van der Waals surface area (Å²) in [7, 11) is 6.00. The summed E-state index contributed by atoms with van der Waals surface area (Å²) in [6.07, 6.45) is 1.06. The monoisotopic (exact) mass is 878 g/mol. The molecule has 10 rings (SSSR count). The minimum Gasteiger partial charge on any atom is -0.493 e. The standard InChI is InChI=1S/C46H42N4O12.ClH/c1-55-31-13-23-29(19-33(31)57-3)45(53)49(41-25-15-35-37(61-21-59-35)17-27(25)43(51)39(23)41)10-5-8-48(12-7-47)9-6-11-50-42-26-16-36-38(62-22-60-36)18-28(26)44(52)40(42)24-14-32(56-2)34(58-4)20-30(24)46(50)54;/h13-20H,5-12,21-22,47H2,1-4H3;1H. The summed E-state index contributed by atoms with van der Waals surface area (Å²) in [5.74, 6) is 3.02. The predicted molar refractivity (Wildman–Crippen MR) is 235 cm³/mol. The molecule has 2 aromatic heterocycles. The lowest BCUT2D eigenvalue weighted by molar-refractivity contribution is 0.103. The minimum absolute atomic E-state index is 0. The first-order chi connectivity index (χ1) is 30.2. The van der Waals surface area contributed by atoms with E-state index < -0.39 is 0 Å². The van der Waals surface area contributed by atoms with Crippen molar-refractivity contribution in [2.75, 3.05) is 68.2 Å². The summed E-state index contributed by atoms with van der Waals surface area (Å²) in [6.45, 7) is 2.68. The molecule has 326 valence electrons. The highest BCUT2D eigenvalue weighted by Crippen LogP contribution is 2.49. The number of carbonyl (C=O) groups is 2. The number of aromatic nitrogens is 2. The maximum absolute atomic E-state index is 14.5. The number of halogens is 1. The molecule has 0 fully saturated rings. The van der Waals surface area contributed by atoms with Gasteiger partial charge in [-0.05, 0) is 74.5 Å². The number of benzene rings is 4. The summed E-state index contributed by atoms with van der Waals surface area (Å²) in [5, 5.41) is 1.59. The lowest BCUT2D eigenvalue weighted by Crippen LogP contribution is -2.34. The molecule has 63 heavy (non-hydrogen) atoms. The van der Waals surface area contributed by atoms with Crippen LogP contribution < -0.4 is 54.7 Å². The number of rotatable bonds is 14. The van der Waals surface area contributed by atoms with Gasteiger partial charge in [0.25, 0.3) is 11.1 Å². The van der Waals surface area contributed by atoms with Gasteiger partial charge in [0.05, 0.1) is 61.7 Å². The highest BCUT2D eigenvalue weighted by molar-refractivity contribution is 6.28. The molecule has 2 N–H and O–H groups in total. The van der Waals surface area contributed by atoms with Crippen LogP contribution in [0.25, 0.3) is 44.1 Å². The molecule has 4 aliphatic rings. The van der Waals surface area contributed by atoms with Crippen molar-refractivity contribution in [2.24, 2.45) is 5.73 Å². The van der Waals surface area contributed by atoms with Gasteiger partial charge in [-0.3, -0.25) is 19.2 Å². The number of nitrogens with zero attached hydrogens (tertiary/aromatic N) is 3.